The van der Waals surface area contributed by atoms with E-state index in [1.807, 2.05) is 31.2 Å². The topological polar surface area (TPSA) is 79.9 Å². The summed E-state index contributed by atoms with van der Waals surface area (Å²) in [4.78, 5) is 25.2. The third-order valence-electron chi connectivity index (χ3n) is 4.03. The number of piperidine rings is 1. The van der Waals surface area contributed by atoms with Gasteiger partial charge in [-0.3, -0.25) is 0 Å². The Kier molecular flexibility index (Phi) is 7.37. The number of amides is 3. The van der Waals surface area contributed by atoms with Gasteiger partial charge < -0.3 is 25.0 Å². The summed E-state index contributed by atoms with van der Waals surface area (Å²) >= 11 is 0. The third-order valence-corrected chi connectivity index (χ3v) is 4.03. The van der Waals surface area contributed by atoms with Crippen LogP contribution in [-0.4, -0.2) is 55.9 Å². The van der Waals surface area contributed by atoms with Gasteiger partial charge >= 0.3 is 12.1 Å². The first-order chi connectivity index (χ1) is 12.1. The van der Waals surface area contributed by atoms with Gasteiger partial charge in [-0.05, 0) is 38.8 Å². The fraction of sp³-hybridized carbons (Fsp3) is 0.556. The van der Waals surface area contributed by atoms with Crippen molar-refractivity contribution >= 4 is 12.1 Å². The molecule has 0 radical (unpaired) electrons. The van der Waals surface area contributed by atoms with Crippen LogP contribution in [-0.2, 0) is 4.74 Å². The summed E-state index contributed by atoms with van der Waals surface area (Å²) in [5.74, 6) is 0.791. The fourth-order valence-electron chi connectivity index (χ4n) is 2.63. The maximum absolute atomic E-state index is 11.9. The van der Waals surface area contributed by atoms with Crippen LogP contribution in [0.4, 0.5) is 9.59 Å². The van der Waals surface area contributed by atoms with Crippen molar-refractivity contribution in [3.63, 3.8) is 0 Å². The molecule has 138 valence electrons. The molecule has 3 amide bonds. The van der Waals surface area contributed by atoms with Crippen molar-refractivity contribution in [1.82, 2.24) is 15.5 Å². The van der Waals surface area contributed by atoms with Crippen molar-refractivity contribution in [2.45, 2.75) is 32.7 Å². The molecule has 1 fully saturated rings. The zero-order valence-corrected chi connectivity index (χ0v) is 14.9. The summed E-state index contributed by atoms with van der Waals surface area (Å²) in [6.45, 7) is 6.23. The molecule has 0 aliphatic carbocycles. The number of benzene rings is 1. The Morgan fingerprint density at radius 2 is 1.88 bits per heavy atom. The third kappa shape index (κ3) is 6.52. The second-order valence-corrected chi connectivity index (χ2v) is 6.02. The summed E-state index contributed by atoms with van der Waals surface area (Å²) < 4.78 is 10.5. The number of hydrogen-bond donors (Lipinski definition) is 2. The molecule has 7 heteroatoms. The molecule has 2 rings (SSSR count). The number of carbonyl (C=O) groups excluding carboxylic acids is 2. The first-order valence-electron chi connectivity index (χ1n) is 8.74. The van der Waals surface area contributed by atoms with Crippen LogP contribution in [0, 0.1) is 6.92 Å². The monoisotopic (exact) mass is 349 g/mol. The van der Waals surface area contributed by atoms with E-state index in [0.29, 0.717) is 32.8 Å². The second-order valence-electron chi connectivity index (χ2n) is 6.02. The van der Waals surface area contributed by atoms with Gasteiger partial charge in [0.05, 0.1) is 13.2 Å². The number of urea groups is 1. The number of likely N-dealkylation sites (tertiary alicyclic amines) is 1. The van der Waals surface area contributed by atoms with E-state index < -0.39 is 0 Å². The molecular weight excluding hydrogens is 322 g/mol. The van der Waals surface area contributed by atoms with Crippen LogP contribution in [0.25, 0.3) is 0 Å². The summed E-state index contributed by atoms with van der Waals surface area (Å²) in [5, 5.41) is 5.72. The molecule has 1 aromatic rings. The van der Waals surface area contributed by atoms with Crippen molar-refractivity contribution in [2.24, 2.45) is 0 Å². The van der Waals surface area contributed by atoms with Crippen molar-refractivity contribution in [3.05, 3.63) is 29.8 Å². The van der Waals surface area contributed by atoms with Crippen molar-refractivity contribution in [2.75, 3.05) is 32.8 Å². The highest BCUT2D eigenvalue weighted by atomic mass is 16.6. The fourth-order valence-corrected chi connectivity index (χ4v) is 2.63. The van der Waals surface area contributed by atoms with E-state index in [4.69, 9.17) is 9.47 Å². The molecule has 1 saturated heterocycles. The van der Waals surface area contributed by atoms with E-state index in [9.17, 15) is 9.59 Å². The van der Waals surface area contributed by atoms with Crippen LogP contribution >= 0.6 is 0 Å². The highest BCUT2D eigenvalue weighted by Crippen LogP contribution is 2.12. The predicted octanol–water partition coefficient (Wildman–Crippen LogP) is 2.29. The highest BCUT2D eigenvalue weighted by molar-refractivity contribution is 5.74. The van der Waals surface area contributed by atoms with Gasteiger partial charge in [-0.2, -0.15) is 0 Å². The standard InChI is InChI=1S/C18H27N3O4/c1-3-24-18(23)21-11-8-15(9-12-21)20-17(22)19-10-13-25-16-6-4-14(2)5-7-16/h4-7,15H,3,8-13H2,1-2H3,(H2,19,20,22). The quantitative estimate of drug-likeness (QED) is 0.772. The van der Waals surface area contributed by atoms with E-state index in [2.05, 4.69) is 10.6 Å². The number of hydrogen-bond acceptors (Lipinski definition) is 4. The molecule has 25 heavy (non-hydrogen) atoms. The van der Waals surface area contributed by atoms with Crippen LogP contribution in [0.1, 0.15) is 25.3 Å². The lowest BCUT2D eigenvalue weighted by molar-refractivity contribution is 0.0957. The van der Waals surface area contributed by atoms with Crippen LogP contribution in [0.15, 0.2) is 24.3 Å². The molecule has 2 N–H and O–H groups in total. The minimum atomic E-state index is -0.279. The van der Waals surface area contributed by atoms with E-state index >= 15 is 0 Å². The Morgan fingerprint density at radius 3 is 2.52 bits per heavy atom. The maximum atomic E-state index is 11.9. The zero-order valence-electron chi connectivity index (χ0n) is 14.9. The van der Waals surface area contributed by atoms with Gasteiger partial charge in [0.2, 0.25) is 0 Å². The number of ether oxygens (including phenoxy) is 2. The normalized spacial score (nSPS) is 14.7. The second kappa shape index (κ2) is 9.76. The Hall–Kier alpha value is -2.44. The van der Waals surface area contributed by atoms with E-state index in [0.717, 1.165) is 18.6 Å². The minimum absolute atomic E-state index is 0.0729. The molecule has 1 aliphatic rings. The zero-order chi connectivity index (χ0) is 18.1. The van der Waals surface area contributed by atoms with Gasteiger partial charge in [-0.25, -0.2) is 9.59 Å². The van der Waals surface area contributed by atoms with Crippen LogP contribution in [0.3, 0.4) is 0 Å². The Balaban J connectivity index is 1.58. The number of rotatable bonds is 6. The molecule has 0 aromatic heterocycles. The average molecular weight is 349 g/mol. The predicted molar refractivity (Wildman–Crippen MR) is 94.8 cm³/mol. The van der Waals surface area contributed by atoms with Gasteiger partial charge in [-0.15, -0.1) is 0 Å². The van der Waals surface area contributed by atoms with Crippen molar-refractivity contribution < 1.29 is 19.1 Å². The largest absolute Gasteiger partial charge is 0.492 e. The molecule has 1 heterocycles. The first-order valence-corrected chi connectivity index (χ1v) is 8.74. The molecule has 0 bridgehead atoms. The smallest absolute Gasteiger partial charge is 0.409 e. The summed E-state index contributed by atoms with van der Waals surface area (Å²) in [6.07, 6.45) is 1.18. The number of nitrogens with one attached hydrogen (secondary N) is 2. The van der Waals surface area contributed by atoms with E-state index in [1.54, 1.807) is 11.8 Å². The molecule has 7 nitrogen and oxygen atoms in total. The molecule has 1 aromatic carbocycles. The SMILES string of the molecule is CCOC(=O)N1CCC(NC(=O)NCCOc2ccc(C)cc2)CC1. The number of carbonyl (C=O) groups is 2. The van der Waals surface area contributed by atoms with Crippen LogP contribution < -0.4 is 15.4 Å². The highest BCUT2D eigenvalue weighted by Gasteiger charge is 2.24. The van der Waals surface area contributed by atoms with Crippen LogP contribution in [0.2, 0.25) is 0 Å². The maximum Gasteiger partial charge on any atom is 0.409 e. The summed E-state index contributed by atoms with van der Waals surface area (Å²) in [6, 6.07) is 7.65. The molecule has 0 unspecified atom stereocenters. The Labute approximate surface area is 148 Å². The lowest BCUT2D eigenvalue weighted by atomic mass is 10.1. The lowest BCUT2D eigenvalue weighted by Crippen LogP contribution is -2.49. The van der Waals surface area contributed by atoms with Gasteiger partial charge in [0.15, 0.2) is 0 Å². The van der Waals surface area contributed by atoms with Crippen LogP contribution in [0.5, 0.6) is 5.75 Å². The van der Waals surface area contributed by atoms with Gasteiger partial charge in [-0.1, -0.05) is 17.7 Å². The molecule has 0 spiro atoms. The Morgan fingerprint density at radius 1 is 1.20 bits per heavy atom. The first kappa shape index (κ1) is 18.9. The summed E-state index contributed by atoms with van der Waals surface area (Å²) in [7, 11) is 0. The van der Waals surface area contributed by atoms with Gasteiger partial charge in [0, 0.05) is 19.1 Å². The lowest BCUT2D eigenvalue weighted by Gasteiger charge is -2.31. The average Bonchev–Trinajstić information content (AvgIpc) is 2.61. The molecule has 0 saturated carbocycles. The van der Waals surface area contributed by atoms with E-state index in [-0.39, 0.29) is 18.2 Å². The number of aryl methyl sites for hydroxylation is 1. The van der Waals surface area contributed by atoms with Gasteiger partial charge in [0.1, 0.15) is 12.4 Å². The number of nitrogens with zero attached hydrogens (tertiary/aromatic N) is 1. The molecule has 1 aliphatic heterocycles. The molecule has 0 atom stereocenters. The van der Waals surface area contributed by atoms with Crippen molar-refractivity contribution in [3.8, 4) is 5.75 Å². The Bertz CT molecular complexity index is 554. The van der Waals surface area contributed by atoms with Crippen molar-refractivity contribution in [1.29, 1.82) is 0 Å². The summed E-state index contributed by atoms with van der Waals surface area (Å²) in [5.41, 5.74) is 1.18. The van der Waals surface area contributed by atoms with Gasteiger partial charge in [0.25, 0.3) is 0 Å². The molecular formula is C18H27N3O4. The van der Waals surface area contributed by atoms with E-state index in [1.165, 1.54) is 5.56 Å². The minimum Gasteiger partial charge on any atom is -0.492 e.